The molecule has 0 radical (unpaired) electrons. The highest BCUT2D eigenvalue weighted by Crippen LogP contribution is 2.07. The van der Waals surface area contributed by atoms with Crippen molar-refractivity contribution in [3.05, 3.63) is 25.0 Å². The van der Waals surface area contributed by atoms with Crippen molar-refractivity contribution in [3.8, 4) is 0 Å². The Bertz CT molecular complexity index is 234. The molecule has 0 heterocycles. The highest BCUT2D eigenvalue weighted by molar-refractivity contribution is 5.81. The van der Waals surface area contributed by atoms with E-state index in [1.807, 2.05) is 6.08 Å². The summed E-state index contributed by atoms with van der Waals surface area (Å²) in [5, 5.41) is 0. The Labute approximate surface area is 111 Å². The molecule has 0 atom stereocenters. The maximum absolute atomic E-state index is 10.9. The van der Waals surface area contributed by atoms with E-state index in [2.05, 4.69) is 6.58 Å². The summed E-state index contributed by atoms with van der Waals surface area (Å²) in [5.74, 6) is -0.347. The molecule has 0 amide bonds. The Morgan fingerprint density at radius 2 is 1.78 bits per heavy atom. The number of carbonyl (C=O) groups excluding carboxylic acids is 1. The largest absolute Gasteiger partial charge is 0.501 e. The fourth-order valence-corrected chi connectivity index (χ4v) is 1.54. The summed E-state index contributed by atoms with van der Waals surface area (Å²) in [5.41, 5.74) is 0. The number of allylic oxidation sites excluding steroid dienone is 1. The molecule has 0 aromatic heterocycles. The molecule has 0 unspecified atom stereocenters. The molecule has 0 aliphatic rings. The van der Waals surface area contributed by atoms with Gasteiger partial charge in [-0.05, 0) is 26.2 Å². The fourth-order valence-electron chi connectivity index (χ4n) is 1.54. The number of unbranched alkanes of at least 4 members (excludes halogenated alkanes) is 6. The summed E-state index contributed by atoms with van der Waals surface area (Å²) >= 11 is 0. The molecule has 0 saturated heterocycles. The molecule has 0 aromatic carbocycles. The first kappa shape index (κ1) is 16.8. The van der Waals surface area contributed by atoms with Crippen molar-refractivity contribution in [2.75, 3.05) is 13.2 Å². The highest BCUT2D eigenvalue weighted by atomic mass is 16.5. The van der Waals surface area contributed by atoms with E-state index < -0.39 is 0 Å². The SMILES string of the molecule is C=CCCCCCCCCOC=CC(=O)OCC. The smallest absolute Gasteiger partial charge is 0.333 e. The van der Waals surface area contributed by atoms with Crippen LogP contribution in [-0.4, -0.2) is 19.2 Å². The first-order valence-electron chi connectivity index (χ1n) is 6.87. The molecule has 0 aliphatic heterocycles. The lowest BCUT2D eigenvalue weighted by atomic mass is 10.1. The zero-order valence-corrected chi connectivity index (χ0v) is 11.5. The minimum atomic E-state index is -0.347. The number of hydrogen-bond acceptors (Lipinski definition) is 3. The number of rotatable bonds is 12. The van der Waals surface area contributed by atoms with E-state index >= 15 is 0 Å². The van der Waals surface area contributed by atoms with Crippen LogP contribution in [0.15, 0.2) is 25.0 Å². The highest BCUT2D eigenvalue weighted by Gasteiger charge is 1.93. The Morgan fingerprint density at radius 3 is 2.44 bits per heavy atom. The van der Waals surface area contributed by atoms with Crippen LogP contribution < -0.4 is 0 Å². The summed E-state index contributed by atoms with van der Waals surface area (Å²) < 4.78 is 9.92. The molecule has 0 N–H and O–H groups in total. The second-order valence-corrected chi connectivity index (χ2v) is 4.12. The summed E-state index contributed by atoms with van der Waals surface area (Å²) in [6.45, 7) is 6.55. The third-order valence-electron chi connectivity index (χ3n) is 2.51. The molecule has 0 fully saturated rings. The Kier molecular flexibility index (Phi) is 12.9. The minimum Gasteiger partial charge on any atom is -0.501 e. The lowest BCUT2D eigenvalue weighted by molar-refractivity contribution is -0.137. The second kappa shape index (κ2) is 13.8. The van der Waals surface area contributed by atoms with Crippen LogP contribution in [0.3, 0.4) is 0 Å². The third kappa shape index (κ3) is 12.8. The zero-order chi connectivity index (χ0) is 13.5. The average molecular weight is 254 g/mol. The van der Waals surface area contributed by atoms with Gasteiger partial charge in [-0.1, -0.05) is 31.8 Å². The molecule has 3 nitrogen and oxygen atoms in total. The molecule has 3 heteroatoms. The molecule has 0 saturated carbocycles. The first-order valence-corrected chi connectivity index (χ1v) is 6.87. The van der Waals surface area contributed by atoms with E-state index in [4.69, 9.17) is 9.47 Å². The van der Waals surface area contributed by atoms with E-state index in [0.717, 1.165) is 12.8 Å². The van der Waals surface area contributed by atoms with Crippen LogP contribution in [0.2, 0.25) is 0 Å². The molecule has 0 aliphatic carbocycles. The van der Waals surface area contributed by atoms with Crippen molar-refractivity contribution in [2.24, 2.45) is 0 Å². The molecule has 0 spiro atoms. The lowest BCUT2D eigenvalue weighted by Crippen LogP contribution is -1.99. The van der Waals surface area contributed by atoms with Crippen molar-refractivity contribution in [1.82, 2.24) is 0 Å². The van der Waals surface area contributed by atoms with Crippen molar-refractivity contribution in [1.29, 1.82) is 0 Å². The van der Waals surface area contributed by atoms with Crippen LogP contribution in [0, 0.1) is 0 Å². The third-order valence-corrected chi connectivity index (χ3v) is 2.51. The number of hydrogen-bond donors (Lipinski definition) is 0. The van der Waals surface area contributed by atoms with E-state index in [1.165, 1.54) is 44.4 Å². The maximum atomic E-state index is 10.9. The van der Waals surface area contributed by atoms with Crippen LogP contribution in [0.1, 0.15) is 51.9 Å². The van der Waals surface area contributed by atoms with Gasteiger partial charge in [-0.25, -0.2) is 4.79 Å². The van der Waals surface area contributed by atoms with Gasteiger partial charge in [0.05, 0.1) is 25.6 Å². The lowest BCUT2D eigenvalue weighted by Gasteiger charge is -2.01. The summed E-state index contributed by atoms with van der Waals surface area (Å²) in [6, 6.07) is 0. The van der Waals surface area contributed by atoms with Crippen LogP contribution in [0.25, 0.3) is 0 Å². The van der Waals surface area contributed by atoms with Crippen LogP contribution in [-0.2, 0) is 14.3 Å². The maximum Gasteiger partial charge on any atom is 0.333 e. The Hall–Kier alpha value is -1.25. The molecule has 104 valence electrons. The number of esters is 1. The van der Waals surface area contributed by atoms with E-state index in [1.54, 1.807) is 6.92 Å². The zero-order valence-electron chi connectivity index (χ0n) is 11.5. The molecule has 0 aromatic rings. The van der Waals surface area contributed by atoms with Gasteiger partial charge in [0.1, 0.15) is 0 Å². The minimum absolute atomic E-state index is 0.347. The normalized spacial score (nSPS) is 10.5. The second-order valence-electron chi connectivity index (χ2n) is 4.12. The summed E-state index contributed by atoms with van der Waals surface area (Å²) in [4.78, 5) is 10.9. The standard InChI is InChI=1S/C15H26O3/c1-3-5-6-7-8-9-10-11-13-17-14-12-15(16)18-4-2/h3,12,14H,1,4-11,13H2,2H3. The van der Waals surface area contributed by atoms with Gasteiger partial charge in [-0.3, -0.25) is 0 Å². The van der Waals surface area contributed by atoms with Crippen LogP contribution >= 0.6 is 0 Å². The molecular formula is C15H26O3. The number of ether oxygens (including phenoxy) is 2. The van der Waals surface area contributed by atoms with Crippen molar-refractivity contribution in [2.45, 2.75) is 51.9 Å². The number of carbonyl (C=O) groups is 1. The molecular weight excluding hydrogens is 228 g/mol. The predicted molar refractivity (Wildman–Crippen MR) is 74.2 cm³/mol. The Balaban J connectivity index is 3.16. The van der Waals surface area contributed by atoms with Gasteiger partial charge in [0.15, 0.2) is 0 Å². The van der Waals surface area contributed by atoms with Gasteiger partial charge < -0.3 is 9.47 Å². The van der Waals surface area contributed by atoms with Gasteiger partial charge in [0.2, 0.25) is 0 Å². The summed E-state index contributed by atoms with van der Waals surface area (Å²) in [7, 11) is 0. The summed E-state index contributed by atoms with van der Waals surface area (Å²) in [6.07, 6.45) is 13.1. The van der Waals surface area contributed by atoms with Crippen molar-refractivity contribution in [3.63, 3.8) is 0 Å². The molecule has 18 heavy (non-hydrogen) atoms. The van der Waals surface area contributed by atoms with Crippen molar-refractivity contribution >= 4 is 5.97 Å². The fraction of sp³-hybridized carbons (Fsp3) is 0.667. The van der Waals surface area contributed by atoms with Crippen LogP contribution in [0.4, 0.5) is 0 Å². The average Bonchev–Trinajstić information content (AvgIpc) is 2.36. The first-order chi connectivity index (χ1) is 8.81. The monoisotopic (exact) mass is 254 g/mol. The quantitative estimate of drug-likeness (QED) is 0.174. The molecule has 0 bridgehead atoms. The topological polar surface area (TPSA) is 35.5 Å². The van der Waals surface area contributed by atoms with Gasteiger partial charge in [-0.15, -0.1) is 6.58 Å². The van der Waals surface area contributed by atoms with Gasteiger partial charge in [0.25, 0.3) is 0 Å². The predicted octanol–water partition coefficient (Wildman–Crippen LogP) is 4.00. The van der Waals surface area contributed by atoms with E-state index in [9.17, 15) is 4.79 Å². The molecule has 0 rings (SSSR count). The van der Waals surface area contributed by atoms with E-state index in [0.29, 0.717) is 13.2 Å². The van der Waals surface area contributed by atoms with Crippen LogP contribution in [0.5, 0.6) is 0 Å². The van der Waals surface area contributed by atoms with Crippen molar-refractivity contribution < 1.29 is 14.3 Å². The van der Waals surface area contributed by atoms with Gasteiger partial charge >= 0.3 is 5.97 Å². The Morgan fingerprint density at radius 1 is 1.11 bits per heavy atom. The van der Waals surface area contributed by atoms with E-state index in [-0.39, 0.29) is 5.97 Å². The van der Waals surface area contributed by atoms with Gasteiger partial charge in [-0.2, -0.15) is 0 Å². The van der Waals surface area contributed by atoms with Gasteiger partial charge in [0, 0.05) is 0 Å².